The van der Waals surface area contributed by atoms with Gasteiger partial charge in [0.2, 0.25) is 5.88 Å². The summed E-state index contributed by atoms with van der Waals surface area (Å²) in [5.74, 6) is 1.35. The van der Waals surface area contributed by atoms with Gasteiger partial charge in [-0.1, -0.05) is 31.9 Å². The second kappa shape index (κ2) is 6.69. The molecule has 0 aliphatic heterocycles. The van der Waals surface area contributed by atoms with E-state index >= 15 is 0 Å². The van der Waals surface area contributed by atoms with Crippen molar-refractivity contribution in [3.8, 4) is 5.88 Å². The molecule has 0 bridgehead atoms. The third-order valence-electron chi connectivity index (χ3n) is 2.21. The molecule has 0 saturated heterocycles. The van der Waals surface area contributed by atoms with E-state index in [9.17, 15) is 0 Å². The quantitative estimate of drug-likeness (QED) is 0.715. The molecule has 1 atom stereocenters. The van der Waals surface area contributed by atoms with Crippen LogP contribution in [0.3, 0.4) is 0 Å². The summed E-state index contributed by atoms with van der Waals surface area (Å²) in [6, 6.07) is 1.67. The van der Waals surface area contributed by atoms with E-state index in [0.717, 1.165) is 31.5 Å². The maximum absolute atomic E-state index is 5.92. The Morgan fingerprint density at radius 1 is 1.31 bits per heavy atom. The predicted octanol–water partition coefficient (Wildman–Crippen LogP) is 3.65. The number of aryl methyl sites for hydroxylation is 1. The molecule has 0 amide bonds. The summed E-state index contributed by atoms with van der Waals surface area (Å²) >= 11 is 5.92. The average molecular weight is 243 g/mol. The van der Waals surface area contributed by atoms with E-state index < -0.39 is 0 Å². The van der Waals surface area contributed by atoms with Crippen LogP contribution < -0.4 is 4.74 Å². The van der Waals surface area contributed by atoms with Crippen molar-refractivity contribution in [2.45, 2.75) is 52.6 Å². The van der Waals surface area contributed by atoms with Gasteiger partial charge < -0.3 is 4.74 Å². The SMILES string of the molecule is CCCc1nc(Cl)cc(OC(C)CCC)n1. The lowest BCUT2D eigenvalue weighted by Crippen LogP contribution is -2.12. The Morgan fingerprint density at radius 3 is 2.69 bits per heavy atom. The standard InChI is InChI=1S/C12H19ClN2O/c1-4-6-9(3)16-12-8-10(13)14-11(15-12)7-5-2/h8-9H,4-7H2,1-3H3. The third-order valence-corrected chi connectivity index (χ3v) is 2.40. The van der Waals surface area contributed by atoms with Gasteiger partial charge in [0, 0.05) is 12.5 Å². The summed E-state index contributed by atoms with van der Waals surface area (Å²) in [5, 5.41) is 0.456. The van der Waals surface area contributed by atoms with Crippen molar-refractivity contribution in [3.05, 3.63) is 17.0 Å². The second-order valence-corrected chi connectivity index (χ2v) is 4.30. The first-order chi connectivity index (χ1) is 7.65. The highest BCUT2D eigenvalue weighted by molar-refractivity contribution is 6.29. The van der Waals surface area contributed by atoms with Crippen molar-refractivity contribution in [1.82, 2.24) is 9.97 Å². The smallest absolute Gasteiger partial charge is 0.218 e. The summed E-state index contributed by atoms with van der Waals surface area (Å²) in [7, 11) is 0. The van der Waals surface area contributed by atoms with Crippen LogP contribution in [-0.4, -0.2) is 16.1 Å². The van der Waals surface area contributed by atoms with Crippen molar-refractivity contribution in [3.63, 3.8) is 0 Å². The van der Waals surface area contributed by atoms with E-state index in [1.54, 1.807) is 6.07 Å². The molecule has 1 aromatic heterocycles. The van der Waals surface area contributed by atoms with Gasteiger partial charge in [0.1, 0.15) is 11.0 Å². The van der Waals surface area contributed by atoms with E-state index in [1.807, 2.05) is 6.92 Å². The number of aromatic nitrogens is 2. The molecule has 0 N–H and O–H groups in total. The fourth-order valence-electron chi connectivity index (χ4n) is 1.51. The predicted molar refractivity (Wildman–Crippen MR) is 66.0 cm³/mol. The summed E-state index contributed by atoms with van der Waals surface area (Å²) in [4.78, 5) is 8.48. The Hall–Kier alpha value is -0.830. The number of nitrogens with zero attached hydrogens (tertiary/aromatic N) is 2. The zero-order chi connectivity index (χ0) is 12.0. The number of rotatable bonds is 6. The summed E-state index contributed by atoms with van der Waals surface area (Å²) in [6.45, 7) is 6.26. The summed E-state index contributed by atoms with van der Waals surface area (Å²) < 4.78 is 5.69. The highest BCUT2D eigenvalue weighted by atomic mass is 35.5. The first-order valence-electron chi connectivity index (χ1n) is 5.85. The van der Waals surface area contributed by atoms with Crippen molar-refractivity contribution in [2.75, 3.05) is 0 Å². The van der Waals surface area contributed by atoms with Gasteiger partial charge in [-0.2, -0.15) is 4.98 Å². The molecule has 0 spiro atoms. The van der Waals surface area contributed by atoms with Crippen LogP contribution in [0.15, 0.2) is 6.07 Å². The lowest BCUT2D eigenvalue weighted by Gasteiger charge is -2.13. The first kappa shape index (κ1) is 13.2. The molecule has 0 saturated carbocycles. The Balaban J connectivity index is 2.71. The molecule has 4 heteroatoms. The molecule has 3 nitrogen and oxygen atoms in total. The van der Waals surface area contributed by atoms with Gasteiger partial charge in [-0.3, -0.25) is 0 Å². The molecule has 16 heavy (non-hydrogen) atoms. The van der Waals surface area contributed by atoms with Gasteiger partial charge >= 0.3 is 0 Å². The molecule has 0 aliphatic carbocycles. The Kier molecular flexibility index (Phi) is 5.53. The van der Waals surface area contributed by atoms with Crippen molar-refractivity contribution in [2.24, 2.45) is 0 Å². The molecular weight excluding hydrogens is 224 g/mol. The first-order valence-corrected chi connectivity index (χ1v) is 6.23. The highest BCUT2D eigenvalue weighted by Gasteiger charge is 2.07. The zero-order valence-electron chi connectivity index (χ0n) is 10.2. The Labute approximate surface area is 102 Å². The van der Waals surface area contributed by atoms with E-state index in [-0.39, 0.29) is 6.10 Å². The minimum absolute atomic E-state index is 0.172. The van der Waals surface area contributed by atoms with Crippen molar-refractivity contribution < 1.29 is 4.74 Å². The van der Waals surface area contributed by atoms with E-state index in [0.29, 0.717) is 11.0 Å². The molecule has 1 aromatic rings. The average Bonchev–Trinajstić information content (AvgIpc) is 2.17. The molecule has 1 unspecified atom stereocenters. The summed E-state index contributed by atoms with van der Waals surface area (Å²) in [6.07, 6.45) is 4.13. The molecule has 1 rings (SSSR count). The maximum atomic E-state index is 5.92. The fourth-order valence-corrected chi connectivity index (χ4v) is 1.70. The van der Waals surface area contributed by atoms with Gasteiger partial charge in [0.05, 0.1) is 6.10 Å². The molecule has 0 aromatic carbocycles. The van der Waals surface area contributed by atoms with Crippen LogP contribution in [0.4, 0.5) is 0 Å². The molecule has 0 radical (unpaired) electrons. The van der Waals surface area contributed by atoms with Crippen LogP contribution in [0.5, 0.6) is 5.88 Å². The normalized spacial score (nSPS) is 12.5. The third kappa shape index (κ3) is 4.35. The zero-order valence-corrected chi connectivity index (χ0v) is 10.9. The molecular formula is C12H19ClN2O. The van der Waals surface area contributed by atoms with Gasteiger partial charge in [-0.25, -0.2) is 4.98 Å². The Morgan fingerprint density at radius 2 is 2.06 bits per heavy atom. The van der Waals surface area contributed by atoms with Crippen molar-refractivity contribution >= 4 is 11.6 Å². The monoisotopic (exact) mass is 242 g/mol. The van der Waals surface area contributed by atoms with Crippen LogP contribution in [0.25, 0.3) is 0 Å². The van der Waals surface area contributed by atoms with Crippen LogP contribution in [-0.2, 0) is 6.42 Å². The molecule has 90 valence electrons. The lowest BCUT2D eigenvalue weighted by atomic mass is 10.2. The molecule has 0 fully saturated rings. The van der Waals surface area contributed by atoms with Crippen LogP contribution in [0.2, 0.25) is 5.15 Å². The number of hydrogen-bond acceptors (Lipinski definition) is 3. The lowest BCUT2D eigenvalue weighted by molar-refractivity contribution is 0.200. The minimum atomic E-state index is 0.172. The van der Waals surface area contributed by atoms with Crippen LogP contribution >= 0.6 is 11.6 Å². The minimum Gasteiger partial charge on any atom is -0.475 e. The number of hydrogen-bond donors (Lipinski definition) is 0. The fraction of sp³-hybridized carbons (Fsp3) is 0.667. The van der Waals surface area contributed by atoms with E-state index in [2.05, 4.69) is 23.8 Å². The van der Waals surface area contributed by atoms with Crippen LogP contribution in [0, 0.1) is 0 Å². The van der Waals surface area contributed by atoms with Gasteiger partial charge in [-0.05, 0) is 19.8 Å². The largest absolute Gasteiger partial charge is 0.475 e. The highest BCUT2D eigenvalue weighted by Crippen LogP contribution is 2.16. The van der Waals surface area contributed by atoms with Crippen LogP contribution in [0.1, 0.15) is 45.9 Å². The molecule has 1 heterocycles. The topological polar surface area (TPSA) is 35.0 Å². The van der Waals surface area contributed by atoms with Gasteiger partial charge in [-0.15, -0.1) is 0 Å². The number of ether oxygens (including phenoxy) is 1. The maximum Gasteiger partial charge on any atom is 0.218 e. The molecule has 0 aliphatic rings. The second-order valence-electron chi connectivity index (χ2n) is 3.91. The van der Waals surface area contributed by atoms with Crippen molar-refractivity contribution in [1.29, 1.82) is 0 Å². The number of halogens is 1. The van der Waals surface area contributed by atoms with Gasteiger partial charge in [0.15, 0.2) is 0 Å². The van der Waals surface area contributed by atoms with Gasteiger partial charge in [0.25, 0.3) is 0 Å². The summed E-state index contributed by atoms with van der Waals surface area (Å²) in [5.41, 5.74) is 0. The Bertz CT molecular complexity index is 331. The van der Waals surface area contributed by atoms with E-state index in [1.165, 1.54) is 0 Å². The van der Waals surface area contributed by atoms with E-state index in [4.69, 9.17) is 16.3 Å².